The molecule has 28 heavy (non-hydrogen) atoms. The van der Waals surface area contributed by atoms with Gasteiger partial charge in [0, 0.05) is 22.0 Å². The number of aromatic amines is 1. The van der Waals surface area contributed by atoms with Crippen LogP contribution in [0.1, 0.15) is 10.4 Å². The van der Waals surface area contributed by atoms with Crippen molar-refractivity contribution in [3.63, 3.8) is 0 Å². The molecule has 0 aliphatic rings. The Kier molecular flexibility index (Phi) is 3.55. The predicted molar refractivity (Wildman–Crippen MR) is 110 cm³/mol. The Balaban J connectivity index is 2.00. The number of carbonyl (C=O) groups excluding carboxylic acids is 1. The molecule has 0 fully saturated rings. The molecule has 0 aliphatic carbocycles. The Hall–Kier alpha value is -3.86. The number of carbonyl (C=O) groups is 1. The number of pyridine rings is 1. The zero-order valence-corrected chi connectivity index (χ0v) is 15.1. The number of para-hydroxylation sites is 2. The van der Waals surface area contributed by atoms with Crippen molar-refractivity contribution in [1.82, 2.24) is 9.55 Å². The van der Waals surface area contributed by atoms with Crippen LogP contribution < -0.4 is 5.56 Å². The van der Waals surface area contributed by atoms with Gasteiger partial charge < -0.3 is 9.72 Å². The molecule has 5 aromatic rings. The topological polar surface area (TPSA) is 64.1 Å². The predicted octanol–water partition coefficient (Wildman–Crippen LogP) is 4.41. The van der Waals surface area contributed by atoms with Crippen molar-refractivity contribution < 1.29 is 9.53 Å². The second-order valence-corrected chi connectivity index (χ2v) is 6.62. The molecule has 0 saturated heterocycles. The molecule has 0 bridgehead atoms. The number of esters is 1. The van der Waals surface area contributed by atoms with Gasteiger partial charge in [0.05, 0.1) is 29.1 Å². The number of hydrogen-bond donors (Lipinski definition) is 1. The number of fused-ring (bicyclic) bond motifs is 5. The molecule has 0 aliphatic heterocycles. The fourth-order valence-corrected chi connectivity index (χ4v) is 3.80. The van der Waals surface area contributed by atoms with Gasteiger partial charge >= 0.3 is 5.97 Å². The van der Waals surface area contributed by atoms with Crippen molar-refractivity contribution in [1.29, 1.82) is 0 Å². The highest BCUT2D eigenvalue weighted by atomic mass is 16.5. The van der Waals surface area contributed by atoms with Crippen LogP contribution in [0.5, 0.6) is 0 Å². The highest BCUT2D eigenvalue weighted by Gasteiger charge is 2.18. The minimum atomic E-state index is -0.430. The molecule has 2 aromatic heterocycles. The third kappa shape index (κ3) is 2.26. The Morgan fingerprint density at radius 1 is 0.929 bits per heavy atom. The van der Waals surface area contributed by atoms with Crippen molar-refractivity contribution in [2.24, 2.45) is 0 Å². The Bertz CT molecular complexity index is 1430. The van der Waals surface area contributed by atoms with Crippen LogP contribution >= 0.6 is 0 Å². The molecule has 0 spiro atoms. The fourth-order valence-electron chi connectivity index (χ4n) is 3.80. The van der Waals surface area contributed by atoms with Gasteiger partial charge in [-0.2, -0.15) is 0 Å². The summed E-state index contributed by atoms with van der Waals surface area (Å²) in [6.07, 6.45) is 0. The molecule has 5 heteroatoms. The lowest BCUT2D eigenvalue weighted by molar-refractivity contribution is 0.0601. The number of aromatic nitrogens is 2. The van der Waals surface area contributed by atoms with Crippen LogP contribution in [0.25, 0.3) is 38.4 Å². The van der Waals surface area contributed by atoms with Gasteiger partial charge in [0.2, 0.25) is 0 Å². The number of rotatable bonds is 2. The van der Waals surface area contributed by atoms with E-state index in [0.29, 0.717) is 16.3 Å². The maximum absolute atomic E-state index is 13.6. The van der Waals surface area contributed by atoms with Gasteiger partial charge in [-0.15, -0.1) is 0 Å². The number of hydrogen-bond acceptors (Lipinski definition) is 3. The first-order valence-electron chi connectivity index (χ1n) is 8.92. The van der Waals surface area contributed by atoms with Crippen LogP contribution in [0.2, 0.25) is 0 Å². The standard InChI is InChI=1S/C23H16N2O3/c1-28-23(27)14-11-12-18-17(13-14)20-21(24-18)16-9-5-6-10-19(16)25(22(20)26)15-7-3-2-4-8-15/h2-13,24H,1H3. The van der Waals surface area contributed by atoms with Crippen molar-refractivity contribution in [3.05, 3.63) is 88.7 Å². The molecule has 0 amide bonds. The maximum Gasteiger partial charge on any atom is 0.337 e. The summed E-state index contributed by atoms with van der Waals surface area (Å²) in [6.45, 7) is 0. The van der Waals surface area contributed by atoms with E-state index in [-0.39, 0.29) is 5.56 Å². The summed E-state index contributed by atoms with van der Waals surface area (Å²) >= 11 is 0. The Morgan fingerprint density at radius 3 is 2.46 bits per heavy atom. The van der Waals surface area contributed by atoms with Crippen molar-refractivity contribution in [2.75, 3.05) is 7.11 Å². The third-order valence-electron chi connectivity index (χ3n) is 5.07. The molecule has 0 saturated carbocycles. The van der Waals surface area contributed by atoms with E-state index in [4.69, 9.17) is 4.74 Å². The molecule has 5 rings (SSSR count). The normalized spacial score (nSPS) is 11.3. The fraction of sp³-hybridized carbons (Fsp3) is 0.0435. The quantitative estimate of drug-likeness (QED) is 0.469. The number of benzene rings is 3. The molecular weight excluding hydrogens is 352 g/mol. The molecule has 1 N–H and O–H groups in total. The molecule has 0 radical (unpaired) electrons. The van der Waals surface area contributed by atoms with Gasteiger partial charge in [-0.3, -0.25) is 9.36 Å². The molecule has 2 heterocycles. The summed E-state index contributed by atoms with van der Waals surface area (Å²) in [5, 5.41) is 2.21. The third-order valence-corrected chi connectivity index (χ3v) is 5.07. The summed E-state index contributed by atoms with van der Waals surface area (Å²) in [6, 6.07) is 22.6. The van der Waals surface area contributed by atoms with Gasteiger partial charge in [0.15, 0.2) is 0 Å². The van der Waals surface area contributed by atoms with E-state index < -0.39 is 5.97 Å². The summed E-state index contributed by atoms with van der Waals surface area (Å²) in [7, 11) is 1.34. The second-order valence-electron chi connectivity index (χ2n) is 6.62. The minimum Gasteiger partial charge on any atom is -0.465 e. The van der Waals surface area contributed by atoms with Gasteiger partial charge in [0.25, 0.3) is 5.56 Å². The Morgan fingerprint density at radius 2 is 1.68 bits per heavy atom. The van der Waals surface area contributed by atoms with Crippen molar-refractivity contribution >= 4 is 38.7 Å². The number of methoxy groups -OCH3 is 1. The minimum absolute atomic E-state index is 0.131. The monoisotopic (exact) mass is 368 g/mol. The van der Waals surface area contributed by atoms with E-state index in [2.05, 4.69) is 4.98 Å². The largest absolute Gasteiger partial charge is 0.465 e. The number of nitrogens with one attached hydrogen (secondary N) is 1. The molecule has 0 atom stereocenters. The van der Waals surface area contributed by atoms with Gasteiger partial charge in [-0.25, -0.2) is 4.79 Å². The molecular formula is C23H16N2O3. The summed E-state index contributed by atoms with van der Waals surface area (Å²) in [5.74, 6) is -0.430. The molecule has 136 valence electrons. The highest BCUT2D eigenvalue weighted by Crippen LogP contribution is 2.30. The first kappa shape index (κ1) is 16.3. The van der Waals surface area contributed by atoms with Crippen LogP contribution in [0.15, 0.2) is 77.6 Å². The van der Waals surface area contributed by atoms with E-state index in [0.717, 1.165) is 27.6 Å². The molecule has 0 unspecified atom stereocenters. The van der Waals surface area contributed by atoms with Gasteiger partial charge in [-0.05, 0) is 36.4 Å². The van der Waals surface area contributed by atoms with Crippen LogP contribution in [0.3, 0.4) is 0 Å². The first-order valence-corrected chi connectivity index (χ1v) is 8.92. The molecule has 5 nitrogen and oxygen atoms in total. The van der Waals surface area contributed by atoms with Crippen molar-refractivity contribution in [2.45, 2.75) is 0 Å². The lowest BCUT2D eigenvalue weighted by Crippen LogP contribution is -2.18. The van der Waals surface area contributed by atoms with Gasteiger partial charge in [-0.1, -0.05) is 36.4 Å². The Labute approximate surface area is 159 Å². The van der Waals surface area contributed by atoms with Crippen LogP contribution in [0.4, 0.5) is 0 Å². The second kappa shape index (κ2) is 6.09. The summed E-state index contributed by atoms with van der Waals surface area (Å²) < 4.78 is 6.55. The lowest BCUT2D eigenvalue weighted by Gasteiger charge is -2.11. The van der Waals surface area contributed by atoms with E-state index in [1.807, 2.05) is 60.7 Å². The maximum atomic E-state index is 13.6. The van der Waals surface area contributed by atoms with Crippen LogP contribution in [-0.2, 0) is 4.74 Å². The summed E-state index contributed by atoms with van der Waals surface area (Å²) in [5.41, 5.74) is 3.47. The summed E-state index contributed by atoms with van der Waals surface area (Å²) in [4.78, 5) is 28.9. The first-order chi connectivity index (χ1) is 13.7. The zero-order valence-electron chi connectivity index (χ0n) is 15.1. The average molecular weight is 368 g/mol. The number of ether oxygens (including phenoxy) is 1. The van der Waals surface area contributed by atoms with E-state index in [1.54, 1.807) is 16.7 Å². The number of H-pyrrole nitrogens is 1. The van der Waals surface area contributed by atoms with Crippen LogP contribution in [0, 0.1) is 0 Å². The number of nitrogens with zero attached hydrogens (tertiary/aromatic N) is 1. The van der Waals surface area contributed by atoms with Crippen LogP contribution in [-0.4, -0.2) is 22.6 Å². The van der Waals surface area contributed by atoms with E-state index >= 15 is 0 Å². The SMILES string of the molecule is COC(=O)c1ccc2[nH]c3c4ccccc4n(-c4ccccc4)c(=O)c3c2c1. The highest BCUT2D eigenvalue weighted by molar-refractivity contribution is 6.17. The smallest absolute Gasteiger partial charge is 0.337 e. The van der Waals surface area contributed by atoms with E-state index in [1.165, 1.54) is 7.11 Å². The lowest BCUT2D eigenvalue weighted by atomic mass is 10.1. The zero-order chi connectivity index (χ0) is 19.3. The molecule has 3 aromatic carbocycles. The van der Waals surface area contributed by atoms with E-state index in [9.17, 15) is 9.59 Å². The van der Waals surface area contributed by atoms with Gasteiger partial charge in [0.1, 0.15) is 0 Å². The van der Waals surface area contributed by atoms with Crippen molar-refractivity contribution in [3.8, 4) is 5.69 Å². The average Bonchev–Trinajstić information content (AvgIpc) is 3.13.